The number of aromatic nitrogens is 2. The third-order valence-corrected chi connectivity index (χ3v) is 3.58. The molecule has 0 aromatic carbocycles. The molecule has 0 spiro atoms. The van der Waals surface area contributed by atoms with Crippen molar-refractivity contribution in [3.63, 3.8) is 0 Å². The first-order chi connectivity index (χ1) is 9.99. The molecule has 0 amide bonds. The van der Waals surface area contributed by atoms with Crippen LogP contribution in [-0.4, -0.2) is 44.8 Å². The van der Waals surface area contributed by atoms with Crippen LogP contribution in [-0.2, 0) is 11.3 Å². The average Bonchev–Trinajstić information content (AvgIpc) is 2.84. The molecule has 2 N–H and O–H groups in total. The molecule has 0 aliphatic carbocycles. The lowest BCUT2D eigenvalue weighted by Crippen LogP contribution is -2.42. The minimum atomic E-state index is -0.876. The van der Waals surface area contributed by atoms with Crippen molar-refractivity contribution in [2.45, 2.75) is 44.7 Å². The van der Waals surface area contributed by atoms with Gasteiger partial charge in [-0.2, -0.15) is 0 Å². The normalized spacial score (nSPS) is 25.4. The molecule has 3 atom stereocenters. The monoisotopic (exact) mass is 301 g/mol. The van der Waals surface area contributed by atoms with E-state index in [0.717, 1.165) is 4.57 Å². The van der Waals surface area contributed by atoms with Crippen molar-refractivity contribution in [3.8, 4) is 0 Å². The molecule has 0 bridgehead atoms. The second-order valence-corrected chi connectivity index (χ2v) is 5.12. The van der Waals surface area contributed by atoms with E-state index in [2.05, 4.69) is 0 Å². The van der Waals surface area contributed by atoms with Crippen LogP contribution in [0.2, 0.25) is 0 Å². The fourth-order valence-corrected chi connectivity index (χ4v) is 2.43. The zero-order valence-corrected chi connectivity index (χ0v) is 11.7. The van der Waals surface area contributed by atoms with Crippen LogP contribution >= 0.6 is 0 Å². The van der Waals surface area contributed by atoms with Crippen molar-refractivity contribution in [1.29, 1.82) is 0 Å². The van der Waals surface area contributed by atoms with Crippen LogP contribution in [0.5, 0.6) is 0 Å². The van der Waals surface area contributed by atoms with Crippen molar-refractivity contribution in [2.75, 3.05) is 13.3 Å². The Morgan fingerprint density at radius 3 is 2.76 bits per heavy atom. The molecule has 1 aromatic rings. The zero-order valence-electron chi connectivity index (χ0n) is 11.7. The lowest BCUT2D eigenvalue weighted by atomic mass is 10.2. The molecular weight excluding hydrogens is 282 g/mol. The highest BCUT2D eigenvalue weighted by atomic mass is 18.2. The molecule has 1 fully saturated rings. The van der Waals surface area contributed by atoms with Gasteiger partial charge in [0.1, 0.15) is 12.3 Å². The first-order valence-corrected chi connectivity index (χ1v) is 6.82. The molecule has 1 aliphatic rings. The van der Waals surface area contributed by atoms with Crippen molar-refractivity contribution >= 4 is 0 Å². The van der Waals surface area contributed by atoms with Crippen molar-refractivity contribution in [2.24, 2.45) is 0 Å². The van der Waals surface area contributed by atoms with Gasteiger partial charge in [-0.25, -0.2) is 4.79 Å². The Bertz CT molecular complexity index is 612. The second kappa shape index (κ2) is 6.50. The molecule has 0 saturated carbocycles. The average molecular weight is 301 g/mol. The van der Waals surface area contributed by atoms with Crippen LogP contribution in [0.3, 0.4) is 0 Å². The highest BCUT2D eigenvalue weighted by Crippen LogP contribution is 2.27. The third-order valence-electron chi connectivity index (χ3n) is 3.58. The van der Waals surface area contributed by atoms with E-state index in [-0.39, 0.29) is 26.0 Å². The van der Waals surface area contributed by atoms with E-state index in [1.807, 2.05) is 0 Å². The first kappa shape index (κ1) is 15.9. The number of nitrogens with zero attached hydrogens (tertiary/aromatic N) is 2. The smallest absolute Gasteiger partial charge is 0.333 e. The number of hydrogen-bond acceptors (Lipinski definition) is 5. The van der Waals surface area contributed by atoms with E-state index in [0.29, 0.717) is 5.56 Å². The van der Waals surface area contributed by atoms with Crippen molar-refractivity contribution < 1.29 is 19.3 Å². The molecule has 7 nitrogen and oxygen atoms in total. The SMILES string of the molecule is Cc1cn(C2CC(O)[C@@H](CO)O2)c(=O)n(CCC[18F])c1=O. The number of hydrogen-bond donors (Lipinski definition) is 2. The Morgan fingerprint density at radius 2 is 2.19 bits per heavy atom. The zero-order chi connectivity index (χ0) is 15.6. The molecular formula is C13H19FN2O5. The molecule has 8 heteroatoms. The summed E-state index contributed by atoms with van der Waals surface area (Å²) < 4.78 is 19.9. The molecule has 0 radical (unpaired) electrons. The van der Waals surface area contributed by atoms with E-state index in [1.165, 1.54) is 10.8 Å². The summed E-state index contributed by atoms with van der Waals surface area (Å²) in [5.41, 5.74) is -0.726. The maximum Gasteiger partial charge on any atom is 0.333 e. The molecule has 21 heavy (non-hydrogen) atoms. The lowest BCUT2D eigenvalue weighted by Gasteiger charge is -2.17. The van der Waals surface area contributed by atoms with E-state index in [1.54, 1.807) is 6.92 Å². The van der Waals surface area contributed by atoms with Gasteiger partial charge in [0.05, 0.1) is 19.4 Å². The highest BCUT2D eigenvalue weighted by Gasteiger charge is 2.35. The number of aliphatic hydroxyl groups is 2. The van der Waals surface area contributed by atoms with Gasteiger partial charge in [0.15, 0.2) is 0 Å². The van der Waals surface area contributed by atoms with Gasteiger partial charge in [0.2, 0.25) is 0 Å². The van der Waals surface area contributed by atoms with Gasteiger partial charge in [-0.1, -0.05) is 0 Å². The lowest BCUT2D eigenvalue weighted by molar-refractivity contribution is -0.0464. The quantitative estimate of drug-likeness (QED) is 0.751. The Hall–Kier alpha value is -1.51. The minimum absolute atomic E-state index is 0.00541. The topological polar surface area (TPSA) is 93.7 Å². The van der Waals surface area contributed by atoms with Crippen LogP contribution in [0.4, 0.5) is 4.39 Å². The largest absolute Gasteiger partial charge is 0.394 e. The predicted molar refractivity (Wildman–Crippen MR) is 71.9 cm³/mol. The van der Waals surface area contributed by atoms with E-state index < -0.39 is 36.4 Å². The number of alkyl halides is 1. The van der Waals surface area contributed by atoms with Gasteiger partial charge in [-0.05, 0) is 13.3 Å². The summed E-state index contributed by atoms with van der Waals surface area (Å²) in [6.45, 7) is 0.575. The molecule has 2 heterocycles. The van der Waals surface area contributed by atoms with E-state index in [4.69, 9.17) is 9.84 Å². The van der Waals surface area contributed by atoms with Gasteiger partial charge >= 0.3 is 5.69 Å². The second-order valence-electron chi connectivity index (χ2n) is 5.12. The maximum absolute atomic E-state index is 12.3. The van der Waals surface area contributed by atoms with Gasteiger partial charge < -0.3 is 14.9 Å². The van der Waals surface area contributed by atoms with Crippen LogP contribution in [0.1, 0.15) is 24.6 Å². The number of ether oxygens (including phenoxy) is 1. The van der Waals surface area contributed by atoms with E-state index in [9.17, 15) is 19.1 Å². The Morgan fingerprint density at radius 1 is 1.48 bits per heavy atom. The highest BCUT2D eigenvalue weighted by molar-refractivity contribution is 5.04. The Labute approximate surface area is 120 Å². The number of aryl methyl sites for hydroxylation is 1. The van der Waals surface area contributed by atoms with Gasteiger partial charge in [0, 0.05) is 24.7 Å². The summed E-state index contributed by atoms with van der Waals surface area (Å²) in [7, 11) is 0. The summed E-state index contributed by atoms with van der Waals surface area (Å²) in [6, 6.07) is 0. The first-order valence-electron chi connectivity index (χ1n) is 6.82. The molecule has 1 aliphatic heterocycles. The van der Waals surface area contributed by atoms with Crippen LogP contribution < -0.4 is 11.2 Å². The van der Waals surface area contributed by atoms with Gasteiger partial charge in [-0.15, -0.1) is 0 Å². The predicted octanol–water partition coefficient (Wildman–Crippen LogP) is -0.681. The number of halogens is 1. The fraction of sp³-hybridized carbons (Fsp3) is 0.692. The molecule has 2 unspecified atom stereocenters. The van der Waals surface area contributed by atoms with Crippen LogP contribution in [0.25, 0.3) is 0 Å². The van der Waals surface area contributed by atoms with E-state index >= 15 is 0 Å². The van der Waals surface area contributed by atoms with Gasteiger partial charge in [-0.3, -0.25) is 18.3 Å². The molecule has 1 saturated heterocycles. The van der Waals surface area contributed by atoms with Crippen molar-refractivity contribution in [1.82, 2.24) is 9.13 Å². The molecule has 1 aromatic heterocycles. The number of aliphatic hydroxyl groups excluding tert-OH is 2. The standard InChI is InChI=1S/C13H19FN2O5/c1-8-6-16(11-5-9(18)10(7-17)21-11)13(20)15(12(8)19)4-2-3-14/h6,9-11,17-18H,2-5,7H2,1H3/t9?,10-,11?/m1/s1/i14-1. The summed E-state index contributed by atoms with van der Waals surface area (Å²) in [5, 5.41) is 18.8. The minimum Gasteiger partial charge on any atom is -0.394 e. The fourth-order valence-electron chi connectivity index (χ4n) is 2.43. The summed E-state index contributed by atoms with van der Waals surface area (Å²) in [6.07, 6.45) is -0.793. The third kappa shape index (κ3) is 3.07. The molecule has 118 valence electrons. The van der Waals surface area contributed by atoms with Crippen molar-refractivity contribution in [3.05, 3.63) is 32.6 Å². The number of rotatable bonds is 5. The van der Waals surface area contributed by atoms with Crippen LogP contribution in [0, 0.1) is 6.92 Å². The Balaban J connectivity index is 2.39. The maximum atomic E-state index is 12.3. The molecule has 2 rings (SSSR count). The summed E-state index contributed by atoms with van der Waals surface area (Å²) in [4.78, 5) is 24.3. The van der Waals surface area contributed by atoms with Gasteiger partial charge in [0.25, 0.3) is 5.56 Å². The summed E-state index contributed by atoms with van der Waals surface area (Å²) in [5.74, 6) is 0. The van der Waals surface area contributed by atoms with Crippen LogP contribution in [0.15, 0.2) is 15.8 Å². The summed E-state index contributed by atoms with van der Waals surface area (Å²) >= 11 is 0. The Kier molecular flexibility index (Phi) is 4.92.